The fourth-order valence-electron chi connectivity index (χ4n) is 0.579. The summed E-state index contributed by atoms with van der Waals surface area (Å²) >= 11 is 0. The predicted molar refractivity (Wildman–Crippen MR) is 29.3 cm³/mol. The van der Waals surface area contributed by atoms with E-state index in [0.29, 0.717) is 13.8 Å². The highest BCUT2D eigenvalue weighted by atomic mass is 19.4. The fourth-order valence-corrected chi connectivity index (χ4v) is 0.579. The zero-order valence-corrected chi connectivity index (χ0v) is 5.90. The molecule has 2 amide bonds. The van der Waals surface area contributed by atoms with Crippen molar-refractivity contribution < 1.29 is 22.8 Å². The number of nitrogens with zero attached hydrogens (tertiary/aromatic N) is 1. The molecule has 6 heteroatoms. The van der Waals surface area contributed by atoms with Crippen molar-refractivity contribution in [3.8, 4) is 0 Å². The minimum atomic E-state index is -4.91. The summed E-state index contributed by atoms with van der Waals surface area (Å²) in [7, 11) is 0. The third-order valence-electron chi connectivity index (χ3n) is 0.883. The van der Waals surface area contributed by atoms with E-state index in [0.717, 1.165) is 0 Å². The summed E-state index contributed by atoms with van der Waals surface area (Å²) in [6.45, 7) is 1.35. The standard InChI is InChI=1S/C5H6F3NO2/c1-3(10)9(4(2)11)5(6,7)8/h1-2H3. The first-order valence-corrected chi connectivity index (χ1v) is 2.65. The molecule has 0 unspecified atom stereocenters. The number of hydrogen-bond acceptors (Lipinski definition) is 2. The number of alkyl halides is 3. The van der Waals surface area contributed by atoms with E-state index in [2.05, 4.69) is 0 Å². The van der Waals surface area contributed by atoms with Crippen LogP contribution < -0.4 is 0 Å². The van der Waals surface area contributed by atoms with Gasteiger partial charge in [0.2, 0.25) is 11.8 Å². The lowest BCUT2D eigenvalue weighted by Gasteiger charge is -2.19. The van der Waals surface area contributed by atoms with Gasteiger partial charge in [-0.2, -0.15) is 4.90 Å². The highest BCUT2D eigenvalue weighted by Gasteiger charge is 2.42. The number of imide groups is 1. The molecule has 0 aliphatic carbocycles. The Labute approximate surface area is 60.8 Å². The molecular weight excluding hydrogens is 163 g/mol. The van der Waals surface area contributed by atoms with Gasteiger partial charge >= 0.3 is 6.30 Å². The van der Waals surface area contributed by atoms with E-state index in [-0.39, 0.29) is 0 Å². The van der Waals surface area contributed by atoms with Crippen molar-refractivity contribution in [2.24, 2.45) is 0 Å². The molecule has 0 aromatic carbocycles. The first-order chi connectivity index (χ1) is 4.76. The van der Waals surface area contributed by atoms with Crippen molar-refractivity contribution in [3.05, 3.63) is 0 Å². The summed E-state index contributed by atoms with van der Waals surface area (Å²) < 4.78 is 35.1. The van der Waals surface area contributed by atoms with Gasteiger partial charge in [-0.3, -0.25) is 9.59 Å². The first-order valence-electron chi connectivity index (χ1n) is 2.65. The van der Waals surface area contributed by atoms with Crippen LogP contribution in [0.3, 0.4) is 0 Å². The van der Waals surface area contributed by atoms with Crippen molar-refractivity contribution in [3.63, 3.8) is 0 Å². The molecule has 0 aliphatic heterocycles. The van der Waals surface area contributed by atoms with Crippen LogP contribution in [0.25, 0.3) is 0 Å². The highest BCUT2D eigenvalue weighted by Crippen LogP contribution is 2.20. The Balaban J connectivity index is 4.63. The molecule has 0 N–H and O–H groups in total. The summed E-state index contributed by atoms with van der Waals surface area (Å²) in [6, 6.07) is 0. The minimum Gasteiger partial charge on any atom is -0.274 e. The summed E-state index contributed by atoms with van der Waals surface area (Å²) in [5, 5.41) is 0. The quantitative estimate of drug-likeness (QED) is 0.505. The molecule has 0 saturated carbocycles. The lowest BCUT2D eigenvalue weighted by molar-refractivity contribution is -0.234. The highest BCUT2D eigenvalue weighted by molar-refractivity contribution is 5.93. The minimum absolute atomic E-state index is 0.675. The van der Waals surface area contributed by atoms with Gasteiger partial charge in [0.25, 0.3) is 0 Å². The fraction of sp³-hybridized carbons (Fsp3) is 0.600. The van der Waals surface area contributed by atoms with E-state index in [1.165, 1.54) is 0 Å². The second-order valence-corrected chi connectivity index (χ2v) is 1.84. The Bertz CT molecular complexity index is 173. The molecule has 0 aromatic rings. The van der Waals surface area contributed by atoms with Gasteiger partial charge in [0.1, 0.15) is 0 Å². The van der Waals surface area contributed by atoms with Crippen LogP contribution in [-0.2, 0) is 9.59 Å². The van der Waals surface area contributed by atoms with Crippen LogP contribution >= 0.6 is 0 Å². The van der Waals surface area contributed by atoms with E-state index < -0.39 is 23.0 Å². The van der Waals surface area contributed by atoms with Crippen LogP contribution in [0, 0.1) is 0 Å². The van der Waals surface area contributed by atoms with E-state index >= 15 is 0 Å². The molecule has 11 heavy (non-hydrogen) atoms. The van der Waals surface area contributed by atoms with Gasteiger partial charge < -0.3 is 0 Å². The number of halogens is 3. The Morgan fingerprint density at radius 3 is 1.36 bits per heavy atom. The van der Waals surface area contributed by atoms with Crippen molar-refractivity contribution in [2.45, 2.75) is 20.1 Å². The molecule has 0 aromatic heterocycles. The molecule has 0 radical (unpaired) electrons. The van der Waals surface area contributed by atoms with E-state index in [9.17, 15) is 22.8 Å². The molecular formula is C5H6F3NO2. The molecule has 0 heterocycles. The second-order valence-electron chi connectivity index (χ2n) is 1.84. The smallest absolute Gasteiger partial charge is 0.274 e. The van der Waals surface area contributed by atoms with E-state index in [1.807, 2.05) is 0 Å². The van der Waals surface area contributed by atoms with Gasteiger partial charge in [-0.25, -0.2) is 0 Å². The van der Waals surface area contributed by atoms with Crippen LogP contribution in [-0.4, -0.2) is 23.0 Å². The summed E-state index contributed by atoms with van der Waals surface area (Å²) in [5.74, 6) is -2.66. The van der Waals surface area contributed by atoms with Gasteiger partial charge in [0.05, 0.1) is 0 Å². The van der Waals surface area contributed by atoms with Gasteiger partial charge in [0, 0.05) is 13.8 Å². The number of carbonyl (C=O) groups excluding carboxylic acids is 2. The van der Waals surface area contributed by atoms with Crippen LogP contribution in [0.4, 0.5) is 13.2 Å². The van der Waals surface area contributed by atoms with Crippen LogP contribution in [0.2, 0.25) is 0 Å². The van der Waals surface area contributed by atoms with Crippen molar-refractivity contribution in [1.82, 2.24) is 4.90 Å². The normalized spacial score (nSPS) is 11.0. The lowest BCUT2D eigenvalue weighted by atomic mass is 10.5. The molecule has 0 rings (SSSR count). The maximum atomic E-state index is 11.7. The number of rotatable bonds is 0. The zero-order valence-electron chi connectivity index (χ0n) is 5.90. The van der Waals surface area contributed by atoms with E-state index in [4.69, 9.17) is 0 Å². The molecule has 0 bridgehead atoms. The predicted octanol–water partition coefficient (Wildman–Crippen LogP) is 0.901. The Hall–Kier alpha value is -1.07. The number of carbonyl (C=O) groups is 2. The molecule has 0 spiro atoms. The molecule has 64 valence electrons. The van der Waals surface area contributed by atoms with Gasteiger partial charge in [-0.1, -0.05) is 0 Å². The van der Waals surface area contributed by atoms with Crippen LogP contribution in [0.15, 0.2) is 0 Å². The molecule has 3 nitrogen and oxygen atoms in total. The molecule has 0 fully saturated rings. The van der Waals surface area contributed by atoms with Crippen molar-refractivity contribution >= 4 is 11.8 Å². The van der Waals surface area contributed by atoms with Gasteiger partial charge in [0.15, 0.2) is 0 Å². The van der Waals surface area contributed by atoms with Crippen molar-refractivity contribution in [2.75, 3.05) is 0 Å². The van der Waals surface area contributed by atoms with E-state index in [1.54, 1.807) is 0 Å². The molecule has 0 atom stereocenters. The maximum absolute atomic E-state index is 11.7. The van der Waals surface area contributed by atoms with Gasteiger partial charge in [-0.15, -0.1) is 13.2 Å². The summed E-state index contributed by atoms with van der Waals surface area (Å²) in [4.78, 5) is 19.7. The lowest BCUT2D eigenvalue weighted by Crippen LogP contribution is -2.44. The first kappa shape index (κ1) is 9.93. The van der Waals surface area contributed by atoms with Crippen LogP contribution in [0.5, 0.6) is 0 Å². The number of hydrogen-bond donors (Lipinski definition) is 0. The Morgan fingerprint density at radius 2 is 1.36 bits per heavy atom. The second kappa shape index (κ2) is 2.89. The average molecular weight is 169 g/mol. The Morgan fingerprint density at radius 1 is 1.09 bits per heavy atom. The summed E-state index contributed by atoms with van der Waals surface area (Å²) in [5.41, 5.74) is 0. The van der Waals surface area contributed by atoms with Crippen molar-refractivity contribution in [1.29, 1.82) is 0 Å². The van der Waals surface area contributed by atoms with Crippen LogP contribution in [0.1, 0.15) is 13.8 Å². The zero-order chi connectivity index (χ0) is 9.23. The third kappa shape index (κ3) is 2.57. The Kier molecular flexibility index (Phi) is 2.61. The SMILES string of the molecule is CC(=O)N(C(C)=O)C(F)(F)F. The topological polar surface area (TPSA) is 37.4 Å². The average Bonchev–Trinajstić information content (AvgIpc) is 1.54. The molecule has 0 saturated heterocycles. The maximum Gasteiger partial charge on any atom is 0.493 e. The largest absolute Gasteiger partial charge is 0.493 e. The monoisotopic (exact) mass is 169 g/mol. The third-order valence-corrected chi connectivity index (χ3v) is 0.883. The van der Waals surface area contributed by atoms with Gasteiger partial charge in [-0.05, 0) is 0 Å². The molecule has 0 aliphatic rings. The number of amides is 2. The summed E-state index contributed by atoms with van der Waals surface area (Å²) in [6.07, 6.45) is -4.91.